The van der Waals surface area contributed by atoms with E-state index in [2.05, 4.69) is 40.1 Å². The van der Waals surface area contributed by atoms with Crippen molar-refractivity contribution in [2.24, 2.45) is 0 Å². The van der Waals surface area contributed by atoms with E-state index in [1.165, 1.54) is 63.7 Å². The lowest BCUT2D eigenvalue weighted by Gasteiger charge is -2.53. The fraction of sp³-hybridized carbons (Fsp3) is 0.667. The van der Waals surface area contributed by atoms with E-state index < -0.39 is 0 Å². The van der Waals surface area contributed by atoms with Gasteiger partial charge in [0.2, 0.25) is 0 Å². The van der Waals surface area contributed by atoms with Gasteiger partial charge in [-0.25, -0.2) is 0 Å². The zero-order chi connectivity index (χ0) is 13.4. The van der Waals surface area contributed by atoms with Gasteiger partial charge in [0.25, 0.3) is 0 Å². The number of fused-ring (bicyclic) bond motifs is 1. The standard InChI is InChI=1S/C18H26N2/c1-2-7-15(8-3-1)18-14-19-12-5-4-9-17(19)13-20(18)16-10-6-11-16/h1-3,7-8,16-18H,4-6,9-14H2. The van der Waals surface area contributed by atoms with E-state index in [0.717, 1.165) is 12.1 Å². The second kappa shape index (κ2) is 5.50. The Morgan fingerprint density at radius 1 is 0.800 bits per heavy atom. The summed E-state index contributed by atoms with van der Waals surface area (Å²) in [5.41, 5.74) is 1.53. The predicted molar refractivity (Wildman–Crippen MR) is 82.7 cm³/mol. The summed E-state index contributed by atoms with van der Waals surface area (Å²) in [5, 5.41) is 0. The molecule has 0 radical (unpaired) electrons. The fourth-order valence-corrected chi connectivity index (χ4v) is 4.30. The molecule has 3 fully saturated rings. The van der Waals surface area contributed by atoms with Crippen LogP contribution in [0.1, 0.15) is 50.1 Å². The lowest BCUT2D eigenvalue weighted by Crippen LogP contribution is -2.59. The summed E-state index contributed by atoms with van der Waals surface area (Å²) < 4.78 is 0. The molecule has 20 heavy (non-hydrogen) atoms. The van der Waals surface area contributed by atoms with E-state index in [9.17, 15) is 0 Å². The van der Waals surface area contributed by atoms with E-state index in [0.29, 0.717) is 6.04 Å². The minimum absolute atomic E-state index is 0.635. The average Bonchev–Trinajstić information content (AvgIpc) is 2.46. The lowest BCUT2D eigenvalue weighted by atomic mass is 9.85. The molecule has 2 saturated heterocycles. The van der Waals surface area contributed by atoms with Crippen LogP contribution in [0.5, 0.6) is 0 Å². The summed E-state index contributed by atoms with van der Waals surface area (Å²) in [5.74, 6) is 0. The van der Waals surface area contributed by atoms with Crippen molar-refractivity contribution >= 4 is 0 Å². The minimum Gasteiger partial charge on any atom is -0.297 e. The van der Waals surface area contributed by atoms with Gasteiger partial charge in [-0.3, -0.25) is 9.80 Å². The van der Waals surface area contributed by atoms with Crippen LogP contribution in [0.3, 0.4) is 0 Å². The Morgan fingerprint density at radius 2 is 1.60 bits per heavy atom. The molecule has 2 unspecified atom stereocenters. The summed E-state index contributed by atoms with van der Waals surface area (Å²) >= 11 is 0. The Morgan fingerprint density at radius 3 is 2.35 bits per heavy atom. The molecule has 1 aromatic rings. The lowest BCUT2D eigenvalue weighted by molar-refractivity contribution is -0.0337. The molecular weight excluding hydrogens is 244 g/mol. The fourth-order valence-electron chi connectivity index (χ4n) is 4.30. The van der Waals surface area contributed by atoms with Crippen LogP contribution in [0.2, 0.25) is 0 Å². The highest BCUT2D eigenvalue weighted by atomic mass is 15.3. The van der Waals surface area contributed by atoms with Gasteiger partial charge in [0.05, 0.1) is 0 Å². The molecule has 1 aliphatic carbocycles. The Balaban J connectivity index is 1.59. The van der Waals surface area contributed by atoms with E-state index in [-0.39, 0.29) is 0 Å². The number of piperidine rings is 1. The first-order valence-corrected chi connectivity index (χ1v) is 8.46. The molecule has 2 heterocycles. The first-order valence-electron chi connectivity index (χ1n) is 8.46. The quantitative estimate of drug-likeness (QED) is 0.812. The van der Waals surface area contributed by atoms with Crippen molar-refractivity contribution in [3.05, 3.63) is 35.9 Å². The Labute approximate surface area is 122 Å². The molecule has 108 valence electrons. The van der Waals surface area contributed by atoms with Crippen LogP contribution in [-0.4, -0.2) is 41.5 Å². The zero-order valence-electron chi connectivity index (χ0n) is 12.4. The molecule has 0 N–H and O–H groups in total. The molecule has 1 aromatic carbocycles. The minimum atomic E-state index is 0.635. The topological polar surface area (TPSA) is 6.48 Å². The van der Waals surface area contributed by atoms with Crippen LogP contribution >= 0.6 is 0 Å². The molecule has 2 nitrogen and oxygen atoms in total. The smallest absolute Gasteiger partial charge is 0.0478 e. The molecule has 0 spiro atoms. The van der Waals surface area contributed by atoms with Crippen LogP contribution in [0, 0.1) is 0 Å². The maximum atomic E-state index is 2.85. The first-order chi connectivity index (χ1) is 9.92. The monoisotopic (exact) mass is 270 g/mol. The van der Waals surface area contributed by atoms with Gasteiger partial charge in [-0.1, -0.05) is 43.2 Å². The van der Waals surface area contributed by atoms with Crippen molar-refractivity contribution in [1.82, 2.24) is 9.80 Å². The van der Waals surface area contributed by atoms with Gasteiger partial charge in [-0.05, 0) is 37.8 Å². The maximum absolute atomic E-state index is 2.85. The predicted octanol–water partition coefficient (Wildman–Crippen LogP) is 3.45. The third-order valence-corrected chi connectivity index (χ3v) is 5.71. The number of hydrogen-bond acceptors (Lipinski definition) is 2. The molecule has 0 amide bonds. The van der Waals surface area contributed by atoms with Crippen molar-refractivity contribution < 1.29 is 0 Å². The summed E-state index contributed by atoms with van der Waals surface area (Å²) in [6.45, 7) is 3.89. The number of nitrogens with zero attached hydrogens (tertiary/aromatic N) is 2. The van der Waals surface area contributed by atoms with Crippen molar-refractivity contribution in [3.63, 3.8) is 0 Å². The highest BCUT2D eigenvalue weighted by Gasteiger charge is 2.40. The number of rotatable bonds is 2. The molecule has 2 aliphatic heterocycles. The summed E-state index contributed by atoms with van der Waals surface area (Å²) in [7, 11) is 0. The van der Waals surface area contributed by atoms with Gasteiger partial charge in [-0.15, -0.1) is 0 Å². The number of hydrogen-bond donors (Lipinski definition) is 0. The third-order valence-electron chi connectivity index (χ3n) is 5.71. The zero-order valence-corrected chi connectivity index (χ0v) is 12.4. The van der Waals surface area contributed by atoms with Gasteiger partial charge < -0.3 is 0 Å². The average molecular weight is 270 g/mol. The molecule has 1 saturated carbocycles. The van der Waals surface area contributed by atoms with E-state index in [1.807, 2.05) is 0 Å². The van der Waals surface area contributed by atoms with Crippen LogP contribution in [0.4, 0.5) is 0 Å². The van der Waals surface area contributed by atoms with Crippen LogP contribution in [-0.2, 0) is 0 Å². The summed E-state index contributed by atoms with van der Waals surface area (Å²) in [6, 6.07) is 13.6. The van der Waals surface area contributed by atoms with Crippen molar-refractivity contribution in [1.29, 1.82) is 0 Å². The van der Waals surface area contributed by atoms with Gasteiger partial charge in [0, 0.05) is 31.2 Å². The van der Waals surface area contributed by atoms with E-state index >= 15 is 0 Å². The summed E-state index contributed by atoms with van der Waals surface area (Å²) in [6.07, 6.45) is 8.56. The van der Waals surface area contributed by atoms with Crippen molar-refractivity contribution in [2.45, 2.75) is 56.7 Å². The highest BCUT2D eigenvalue weighted by molar-refractivity contribution is 5.21. The third kappa shape index (κ3) is 2.29. The second-order valence-electron chi connectivity index (χ2n) is 6.85. The van der Waals surface area contributed by atoms with Gasteiger partial charge in [-0.2, -0.15) is 0 Å². The van der Waals surface area contributed by atoms with Gasteiger partial charge in [0.1, 0.15) is 0 Å². The Bertz CT molecular complexity index is 440. The van der Waals surface area contributed by atoms with Crippen LogP contribution in [0.15, 0.2) is 30.3 Å². The number of piperazine rings is 1. The largest absolute Gasteiger partial charge is 0.297 e. The Kier molecular flexibility index (Phi) is 3.53. The normalized spacial score (nSPS) is 32.6. The van der Waals surface area contributed by atoms with Crippen LogP contribution < -0.4 is 0 Å². The highest BCUT2D eigenvalue weighted by Crippen LogP contribution is 2.38. The molecule has 0 aromatic heterocycles. The van der Waals surface area contributed by atoms with Crippen molar-refractivity contribution in [3.8, 4) is 0 Å². The second-order valence-corrected chi connectivity index (χ2v) is 6.85. The van der Waals surface area contributed by atoms with Crippen molar-refractivity contribution in [2.75, 3.05) is 19.6 Å². The van der Waals surface area contributed by atoms with E-state index in [4.69, 9.17) is 0 Å². The SMILES string of the molecule is c1ccc(C2CN3CCCCC3CN2C2CCC2)cc1. The van der Waals surface area contributed by atoms with Crippen LogP contribution in [0.25, 0.3) is 0 Å². The molecule has 2 heteroatoms. The first kappa shape index (κ1) is 12.8. The molecule has 3 aliphatic rings. The molecule has 0 bridgehead atoms. The van der Waals surface area contributed by atoms with Gasteiger partial charge >= 0.3 is 0 Å². The Hall–Kier alpha value is -0.860. The van der Waals surface area contributed by atoms with E-state index in [1.54, 1.807) is 0 Å². The molecule has 4 rings (SSSR count). The number of benzene rings is 1. The maximum Gasteiger partial charge on any atom is 0.0478 e. The molecular formula is C18H26N2. The molecule has 2 atom stereocenters. The summed E-state index contributed by atoms with van der Waals surface area (Å²) in [4.78, 5) is 5.63. The van der Waals surface area contributed by atoms with Gasteiger partial charge in [0.15, 0.2) is 0 Å².